The molecule has 1 fully saturated rings. The standard InChI is InChI=1S/C16H23ClN2O/c1-3-12-8-9-18-15(10-12)16(20)19(2)11-13-6-4-5-7-14(13)17/h4-7,12,15,18H,3,8-11H2,1-2H3. The maximum Gasteiger partial charge on any atom is 0.239 e. The van der Waals surface area contributed by atoms with Gasteiger partial charge in [0, 0.05) is 18.6 Å². The molecule has 2 rings (SSSR count). The van der Waals surface area contributed by atoms with Gasteiger partial charge in [-0.05, 0) is 36.9 Å². The fourth-order valence-corrected chi connectivity index (χ4v) is 2.98. The van der Waals surface area contributed by atoms with Crippen molar-refractivity contribution >= 4 is 17.5 Å². The number of carbonyl (C=O) groups is 1. The Morgan fingerprint density at radius 3 is 2.90 bits per heavy atom. The lowest BCUT2D eigenvalue weighted by Gasteiger charge is -2.31. The Morgan fingerprint density at radius 1 is 1.45 bits per heavy atom. The number of amides is 1. The summed E-state index contributed by atoms with van der Waals surface area (Å²) in [6.07, 6.45) is 3.27. The number of halogens is 1. The maximum atomic E-state index is 12.5. The van der Waals surface area contributed by atoms with E-state index >= 15 is 0 Å². The highest BCUT2D eigenvalue weighted by Gasteiger charge is 2.28. The van der Waals surface area contributed by atoms with Gasteiger partial charge < -0.3 is 10.2 Å². The molecule has 1 heterocycles. The van der Waals surface area contributed by atoms with Crippen molar-refractivity contribution < 1.29 is 4.79 Å². The van der Waals surface area contributed by atoms with Crippen LogP contribution < -0.4 is 5.32 Å². The number of hydrogen-bond donors (Lipinski definition) is 1. The van der Waals surface area contributed by atoms with Crippen LogP contribution in [0, 0.1) is 5.92 Å². The predicted octanol–water partition coefficient (Wildman–Crippen LogP) is 3.08. The Labute approximate surface area is 126 Å². The molecule has 0 aliphatic carbocycles. The molecule has 3 nitrogen and oxygen atoms in total. The molecule has 20 heavy (non-hydrogen) atoms. The van der Waals surface area contributed by atoms with Crippen LogP contribution in [-0.4, -0.2) is 30.4 Å². The number of piperidine rings is 1. The van der Waals surface area contributed by atoms with Crippen LogP contribution in [0.1, 0.15) is 31.7 Å². The number of benzene rings is 1. The summed E-state index contributed by atoms with van der Waals surface area (Å²) >= 11 is 6.15. The first-order chi connectivity index (χ1) is 9.61. The summed E-state index contributed by atoms with van der Waals surface area (Å²) in [5.74, 6) is 0.835. The van der Waals surface area contributed by atoms with Crippen LogP contribution in [0.15, 0.2) is 24.3 Å². The van der Waals surface area contributed by atoms with Crippen LogP contribution >= 0.6 is 11.6 Å². The average molecular weight is 295 g/mol. The molecule has 0 aromatic heterocycles. The smallest absolute Gasteiger partial charge is 0.239 e. The molecule has 0 radical (unpaired) electrons. The van der Waals surface area contributed by atoms with E-state index in [0.717, 1.165) is 30.0 Å². The minimum Gasteiger partial charge on any atom is -0.340 e. The molecule has 1 aliphatic rings. The van der Waals surface area contributed by atoms with Gasteiger partial charge in [-0.2, -0.15) is 0 Å². The number of hydrogen-bond acceptors (Lipinski definition) is 2. The van der Waals surface area contributed by atoms with Gasteiger partial charge in [-0.25, -0.2) is 0 Å². The van der Waals surface area contributed by atoms with Gasteiger partial charge in [0.15, 0.2) is 0 Å². The number of nitrogens with one attached hydrogen (secondary N) is 1. The van der Waals surface area contributed by atoms with Crippen molar-refractivity contribution in [2.45, 2.75) is 38.8 Å². The zero-order valence-electron chi connectivity index (χ0n) is 12.2. The number of nitrogens with zero attached hydrogens (tertiary/aromatic N) is 1. The van der Waals surface area contributed by atoms with E-state index in [1.54, 1.807) is 4.90 Å². The Hall–Kier alpha value is -1.06. The molecule has 1 aromatic rings. The molecule has 1 saturated heterocycles. The van der Waals surface area contributed by atoms with Gasteiger partial charge in [-0.3, -0.25) is 4.79 Å². The minimum absolute atomic E-state index is 0.0406. The van der Waals surface area contributed by atoms with Gasteiger partial charge in [0.1, 0.15) is 0 Å². The van der Waals surface area contributed by atoms with Crippen LogP contribution in [0.4, 0.5) is 0 Å². The van der Waals surface area contributed by atoms with Gasteiger partial charge in [0.2, 0.25) is 5.91 Å². The van der Waals surface area contributed by atoms with E-state index < -0.39 is 0 Å². The summed E-state index contributed by atoms with van der Waals surface area (Å²) < 4.78 is 0. The second-order valence-corrected chi connectivity index (χ2v) is 6.00. The lowest BCUT2D eigenvalue weighted by molar-refractivity contribution is -0.133. The second-order valence-electron chi connectivity index (χ2n) is 5.59. The molecule has 0 saturated carbocycles. The zero-order chi connectivity index (χ0) is 14.5. The number of carbonyl (C=O) groups excluding carboxylic acids is 1. The van der Waals surface area contributed by atoms with Gasteiger partial charge in [-0.15, -0.1) is 0 Å². The zero-order valence-corrected chi connectivity index (χ0v) is 13.0. The van der Waals surface area contributed by atoms with Crippen molar-refractivity contribution in [3.63, 3.8) is 0 Å². The lowest BCUT2D eigenvalue weighted by Crippen LogP contribution is -2.49. The average Bonchev–Trinajstić information content (AvgIpc) is 2.48. The number of likely N-dealkylation sites (N-methyl/N-ethyl adjacent to an activating group) is 1. The normalized spacial score (nSPS) is 22.6. The van der Waals surface area contributed by atoms with Crippen molar-refractivity contribution in [2.75, 3.05) is 13.6 Å². The van der Waals surface area contributed by atoms with Gasteiger partial charge in [0.25, 0.3) is 0 Å². The molecule has 1 aliphatic heterocycles. The molecule has 2 unspecified atom stereocenters. The van der Waals surface area contributed by atoms with Crippen LogP contribution in [0.2, 0.25) is 5.02 Å². The van der Waals surface area contributed by atoms with Crippen molar-refractivity contribution in [2.24, 2.45) is 5.92 Å². The Kier molecular flexibility index (Phi) is 5.44. The molecule has 1 aromatic carbocycles. The van der Waals surface area contributed by atoms with Crippen molar-refractivity contribution in [1.29, 1.82) is 0 Å². The fraction of sp³-hybridized carbons (Fsp3) is 0.562. The van der Waals surface area contributed by atoms with E-state index in [9.17, 15) is 4.79 Å². The van der Waals surface area contributed by atoms with Crippen molar-refractivity contribution in [3.05, 3.63) is 34.9 Å². The number of rotatable bonds is 4. The minimum atomic E-state index is -0.0406. The van der Waals surface area contributed by atoms with Gasteiger partial charge in [-0.1, -0.05) is 43.1 Å². The SMILES string of the molecule is CCC1CCNC(C(=O)N(C)Cc2ccccc2Cl)C1. The maximum absolute atomic E-state index is 12.5. The fourth-order valence-electron chi connectivity index (χ4n) is 2.78. The quantitative estimate of drug-likeness (QED) is 0.925. The first-order valence-corrected chi connectivity index (χ1v) is 7.71. The van der Waals surface area contributed by atoms with Crippen LogP contribution in [0.5, 0.6) is 0 Å². The highest BCUT2D eigenvalue weighted by molar-refractivity contribution is 6.31. The van der Waals surface area contributed by atoms with Crippen LogP contribution in [0.25, 0.3) is 0 Å². The summed E-state index contributed by atoms with van der Waals surface area (Å²) in [5, 5.41) is 4.06. The van der Waals surface area contributed by atoms with Gasteiger partial charge in [0.05, 0.1) is 6.04 Å². The summed E-state index contributed by atoms with van der Waals surface area (Å²) in [5.41, 5.74) is 0.993. The topological polar surface area (TPSA) is 32.3 Å². The highest BCUT2D eigenvalue weighted by Crippen LogP contribution is 2.21. The molecule has 2 atom stereocenters. The Bertz CT molecular complexity index is 464. The molecule has 4 heteroatoms. The van der Waals surface area contributed by atoms with Gasteiger partial charge >= 0.3 is 0 Å². The molecule has 1 amide bonds. The Morgan fingerprint density at radius 2 is 2.20 bits per heavy atom. The second kappa shape index (κ2) is 7.09. The molecular formula is C16H23ClN2O. The van der Waals surface area contributed by atoms with E-state index in [4.69, 9.17) is 11.6 Å². The van der Waals surface area contributed by atoms with Crippen LogP contribution in [0.3, 0.4) is 0 Å². The summed E-state index contributed by atoms with van der Waals surface area (Å²) in [6, 6.07) is 7.64. The molecule has 1 N–H and O–H groups in total. The molecular weight excluding hydrogens is 272 g/mol. The monoisotopic (exact) mass is 294 g/mol. The van der Waals surface area contributed by atoms with Crippen LogP contribution in [-0.2, 0) is 11.3 Å². The predicted molar refractivity (Wildman–Crippen MR) is 82.7 cm³/mol. The van der Waals surface area contributed by atoms with E-state index in [1.807, 2.05) is 31.3 Å². The Balaban J connectivity index is 1.96. The summed E-state index contributed by atoms with van der Waals surface area (Å²) in [6.45, 7) is 3.70. The third-order valence-electron chi connectivity index (χ3n) is 4.13. The highest BCUT2D eigenvalue weighted by atomic mass is 35.5. The molecule has 0 spiro atoms. The van der Waals surface area contributed by atoms with E-state index in [-0.39, 0.29) is 11.9 Å². The lowest BCUT2D eigenvalue weighted by atomic mass is 9.90. The van der Waals surface area contributed by atoms with E-state index in [2.05, 4.69) is 12.2 Å². The first kappa shape index (κ1) is 15.3. The largest absolute Gasteiger partial charge is 0.340 e. The third kappa shape index (κ3) is 3.74. The van der Waals surface area contributed by atoms with Crippen molar-refractivity contribution in [1.82, 2.24) is 10.2 Å². The van der Waals surface area contributed by atoms with E-state index in [1.165, 1.54) is 6.42 Å². The first-order valence-electron chi connectivity index (χ1n) is 7.33. The van der Waals surface area contributed by atoms with Crippen molar-refractivity contribution in [3.8, 4) is 0 Å². The van der Waals surface area contributed by atoms with E-state index in [0.29, 0.717) is 12.5 Å². The summed E-state index contributed by atoms with van der Waals surface area (Å²) in [4.78, 5) is 14.3. The summed E-state index contributed by atoms with van der Waals surface area (Å²) in [7, 11) is 1.85. The molecule has 0 bridgehead atoms. The molecule has 110 valence electrons. The third-order valence-corrected chi connectivity index (χ3v) is 4.50.